The Bertz CT molecular complexity index is 903. The molecule has 1 atom stereocenters. The van der Waals surface area contributed by atoms with E-state index in [4.69, 9.17) is 14.2 Å². The number of rotatable bonds is 10. The molecule has 0 unspecified atom stereocenters. The lowest BCUT2D eigenvalue weighted by atomic mass is 10.2. The lowest BCUT2D eigenvalue weighted by Crippen LogP contribution is -2.28. The van der Waals surface area contributed by atoms with Gasteiger partial charge in [-0.25, -0.2) is 12.8 Å². The van der Waals surface area contributed by atoms with Crippen molar-refractivity contribution in [3.63, 3.8) is 0 Å². The second kappa shape index (κ2) is 9.75. The summed E-state index contributed by atoms with van der Waals surface area (Å²) in [6.07, 6.45) is 2.17. The second-order valence-corrected chi connectivity index (χ2v) is 8.11. The number of alkyl halides is 1. The minimum atomic E-state index is -3.87. The van der Waals surface area contributed by atoms with E-state index in [1.807, 2.05) is 0 Å². The second-order valence-electron chi connectivity index (χ2n) is 6.42. The Balaban J connectivity index is 1.68. The fraction of sp³-hybridized carbons (Fsp3) is 0.421. The van der Waals surface area contributed by atoms with Crippen LogP contribution in [0.5, 0.6) is 17.5 Å². The van der Waals surface area contributed by atoms with Crippen molar-refractivity contribution in [3.05, 3.63) is 36.4 Å². The molecule has 1 aliphatic heterocycles. The number of sulfonamides is 1. The highest BCUT2D eigenvalue weighted by Gasteiger charge is 2.19. The normalized spacial score (nSPS) is 16.4. The summed E-state index contributed by atoms with van der Waals surface area (Å²) >= 11 is 0. The van der Waals surface area contributed by atoms with Gasteiger partial charge in [-0.05, 0) is 49.7 Å². The molecule has 0 saturated carbocycles. The van der Waals surface area contributed by atoms with E-state index in [9.17, 15) is 12.8 Å². The Kier molecular flexibility index (Phi) is 7.10. The number of hydrogen-bond donors (Lipinski definition) is 2. The molecule has 1 saturated heterocycles. The molecular formula is C19H24FN3O5S. The average Bonchev–Trinajstić information content (AvgIpc) is 3.25. The molecule has 1 fully saturated rings. The molecule has 2 N–H and O–H groups in total. The number of methoxy groups -OCH3 is 1. The van der Waals surface area contributed by atoms with E-state index in [1.165, 1.54) is 31.4 Å². The molecule has 2 aromatic rings. The predicted molar refractivity (Wildman–Crippen MR) is 106 cm³/mol. The first kappa shape index (κ1) is 21.1. The van der Waals surface area contributed by atoms with Crippen molar-refractivity contribution in [1.29, 1.82) is 0 Å². The van der Waals surface area contributed by atoms with Gasteiger partial charge >= 0.3 is 0 Å². The molecule has 2 heterocycles. The van der Waals surface area contributed by atoms with E-state index in [1.54, 1.807) is 12.1 Å². The third kappa shape index (κ3) is 5.70. The number of nitrogens with one attached hydrogen (secondary N) is 2. The third-order valence-electron chi connectivity index (χ3n) is 4.35. The Morgan fingerprint density at radius 2 is 2.00 bits per heavy atom. The highest BCUT2D eigenvalue weighted by atomic mass is 32.2. The first-order chi connectivity index (χ1) is 14.0. The van der Waals surface area contributed by atoms with Crippen molar-refractivity contribution >= 4 is 15.7 Å². The molecule has 1 aromatic carbocycles. The van der Waals surface area contributed by atoms with E-state index in [-0.39, 0.29) is 29.1 Å². The fourth-order valence-electron chi connectivity index (χ4n) is 2.90. The molecule has 0 spiro atoms. The van der Waals surface area contributed by atoms with Crippen LogP contribution in [0.2, 0.25) is 0 Å². The number of ether oxygens (including phenoxy) is 3. The summed E-state index contributed by atoms with van der Waals surface area (Å²) in [5.41, 5.74) is 0.191. The SMILES string of the molecule is COc1nc(OC[C@H]2CCCN2)ccc1NS(=O)(=O)c1ccc(OCCF)cc1. The maximum Gasteiger partial charge on any atom is 0.262 e. The van der Waals surface area contributed by atoms with Gasteiger partial charge in [0.1, 0.15) is 31.3 Å². The molecule has 8 nitrogen and oxygen atoms in total. The highest BCUT2D eigenvalue weighted by molar-refractivity contribution is 7.92. The maximum absolute atomic E-state index is 12.6. The Morgan fingerprint density at radius 3 is 2.66 bits per heavy atom. The summed E-state index contributed by atoms with van der Waals surface area (Å²) < 4.78 is 55.9. The topological polar surface area (TPSA) is 98.8 Å². The smallest absolute Gasteiger partial charge is 0.262 e. The van der Waals surface area contributed by atoms with Crippen LogP contribution in [0, 0.1) is 0 Å². The summed E-state index contributed by atoms with van der Waals surface area (Å²) in [4.78, 5) is 4.25. The van der Waals surface area contributed by atoms with Crippen LogP contribution in [0.3, 0.4) is 0 Å². The first-order valence-corrected chi connectivity index (χ1v) is 10.7. The third-order valence-corrected chi connectivity index (χ3v) is 5.73. The van der Waals surface area contributed by atoms with Gasteiger partial charge in [0.2, 0.25) is 11.8 Å². The lowest BCUT2D eigenvalue weighted by Gasteiger charge is -2.14. The highest BCUT2D eigenvalue weighted by Crippen LogP contribution is 2.28. The molecule has 1 aromatic heterocycles. The van der Waals surface area contributed by atoms with Gasteiger partial charge in [0, 0.05) is 12.1 Å². The standard InChI is InChI=1S/C19H24FN3O5S/c1-26-19-17(8-9-18(22-19)28-13-14-3-2-11-21-14)23-29(24,25)16-6-4-15(5-7-16)27-12-10-20/h4-9,14,21,23H,2-3,10-13H2,1H3/t14-/m1/s1. The van der Waals surface area contributed by atoms with Gasteiger partial charge < -0.3 is 19.5 Å². The molecule has 1 aliphatic rings. The zero-order chi connectivity index (χ0) is 20.7. The molecule has 0 amide bonds. The molecule has 0 radical (unpaired) electrons. The van der Waals surface area contributed by atoms with Gasteiger partial charge in [-0.1, -0.05) is 0 Å². The summed E-state index contributed by atoms with van der Waals surface area (Å²) in [5.74, 6) is 0.848. The lowest BCUT2D eigenvalue weighted by molar-refractivity contribution is 0.263. The van der Waals surface area contributed by atoms with Gasteiger partial charge in [-0.2, -0.15) is 4.98 Å². The van der Waals surface area contributed by atoms with E-state index in [2.05, 4.69) is 15.0 Å². The molecule has 3 rings (SSSR count). The van der Waals surface area contributed by atoms with Crippen LogP contribution in [-0.4, -0.2) is 53.0 Å². The minimum absolute atomic E-state index is 0.0276. The van der Waals surface area contributed by atoms with Gasteiger partial charge in [0.05, 0.1) is 12.0 Å². The number of benzene rings is 1. The van der Waals surface area contributed by atoms with E-state index < -0.39 is 16.7 Å². The summed E-state index contributed by atoms with van der Waals surface area (Å²) in [6, 6.07) is 9.10. The number of pyridine rings is 1. The van der Waals surface area contributed by atoms with Crippen LogP contribution < -0.4 is 24.2 Å². The summed E-state index contributed by atoms with van der Waals surface area (Å²) in [5, 5.41) is 3.33. The Hall–Kier alpha value is -2.59. The van der Waals surface area contributed by atoms with Crippen LogP contribution in [0.4, 0.5) is 10.1 Å². The van der Waals surface area contributed by atoms with Crippen LogP contribution >= 0.6 is 0 Å². The van der Waals surface area contributed by atoms with Crippen LogP contribution in [0.15, 0.2) is 41.3 Å². The van der Waals surface area contributed by atoms with E-state index in [0.717, 1.165) is 19.4 Å². The van der Waals surface area contributed by atoms with Gasteiger partial charge in [-0.15, -0.1) is 0 Å². The fourth-order valence-corrected chi connectivity index (χ4v) is 3.95. The number of nitrogens with zero attached hydrogens (tertiary/aromatic N) is 1. The molecule has 0 bridgehead atoms. The quantitative estimate of drug-likeness (QED) is 0.603. The maximum atomic E-state index is 12.6. The molecule has 0 aliphatic carbocycles. The van der Waals surface area contributed by atoms with Crippen molar-refractivity contribution in [1.82, 2.24) is 10.3 Å². The monoisotopic (exact) mass is 425 g/mol. The average molecular weight is 425 g/mol. The zero-order valence-corrected chi connectivity index (χ0v) is 16.9. The van der Waals surface area contributed by atoms with E-state index in [0.29, 0.717) is 18.2 Å². The summed E-state index contributed by atoms with van der Waals surface area (Å²) in [7, 11) is -2.47. The Labute approximate surface area is 169 Å². The van der Waals surface area contributed by atoms with Crippen molar-refractivity contribution in [2.45, 2.75) is 23.8 Å². The van der Waals surface area contributed by atoms with Crippen molar-refractivity contribution in [2.24, 2.45) is 0 Å². The molecule has 158 valence electrons. The zero-order valence-electron chi connectivity index (χ0n) is 16.1. The van der Waals surface area contributed by atoms with Crippen molar-refractivity contribution < 1.29 is 27.0 Å². The van der Waals surface area contributed by atoms with Crippen molar-refractivity contribution in [2.75, 3.05) is 38.3 Å². The van der Waals surface area contributed by atoms with Crippen molar-refractivity contribution in [3.8, 4) is 17.5 Å². The number of hydrogen-bond acceptors (Lipinski definition) is 7. The number of anilines is 1. The van der Waals surface area contributed by atoms with Crippen LogP contribution in [0.1, 0.15) is 12.8 Å². The largest absolute Gasteiger partial charge is 0.491 e. The number of halogens is 1. The molecule has 29 heavy (non-hydrogen) atoms. The molecular weight excluding hydrogens is 401 g/mol. The summed E-state index contributed by atoms with van der Waals surface area (Å²) in [6.45, 7) is 0.760. The van der Waals surface area contributed by atoms with Gasteiger partial charge in [0.15, 0.2) is 0 Å². The van der Waals surface area contributed by atoms with E-state index >= 15 is 0 Å². The predicted octanol–water partition coefficient (Wildman–Crippen LogP) is 2.37. The number of aromatic nitrogens is 1. The van der Waals surface area contributed by atoms with Crippen LogP contribution in [0.25, 0.3) is 0 Å². The van der Waals surface area contributed by atoms with Gasteiger partial charge in [-0.3, -0.25) is 4.72 Å². The van der Waals surface area contributed by atoms with Crippen LogP contribution in [-0.2, 0) is 10.0 Å². The minimum Gasteiger partial charge on any atom is -0.491 e. The molecule has 10 heteroatoms. The Morgan fingerprint density at radius 1 is 1.21 bits per heavy atom. The first-order valence-electron chi connectivity index (χ1n) is 9.24. The van der Waals surface area contributed by atoms with Gasteiger partial charge in [0.25, 0.3) is 10.0 Å².